The smallest absolute Gasteiger partial charge is 0.170 e. The zero-order chi connectivity index (χ0) is 22.9. The number of halogens is 1. The number of hydrogen-bond donors (Lipinski definition) is 1. The fraction of sp³-hybridized carbons (Fsp3) is 0.192. The molecule has 0 aliphatic carbocycles. The van der Waals surface area contributed by atoms with Gasteiger partial charge in [0.25, 0.3) is 0 Å². The first-order chi connectivity index (χ1) is 16.0. The van der Waals surface area contributed by atoms with Crippen LogP contribution in [0.15, 0.2) is 79.3 Å². The molecular formula is C26H24FN5S. The molecule has 1 aliphatic rings. The molecule has 0 saturated carbocycles. The first-order valence-electron chi connectivity index (χ1n) is 10.8. The Labute approximate surface area is 197 Å². The SMILES string of the molecule is Cc1cc([C@@H]2[C@@H](c3ccccn3)NC(=S)N2Cc2ccncc2)c(C)n1-c1ccc(F)cc1. The molecule has 5 rings (SSSR count). The van der Waals surface area contributed by atoms with Crippen LogP contribution in [-0.2, 0) is 6.54 Å². The van der Waals surface area contributed by atoms with E-state index < -0.39 is 0 Å². The highest BCUT2D eigenvalue weighted by Crippen LogP contribution is 2.42. The quantitative estimate of drug-likeness (QED) is 0.418. The summed E-state index contributed by atoms with van der Waals surface area (Å²) >= 11 is 5.81. The molecule has 1 aliphatic heterocycles. The average molecular weight is 458 g/mol. The molecule has 0 unspecified atom stereocenters. The average Bonchev–Trinajstić information content (AvgIpc) is 3.31. The molecule has 166 valence electrons. The van der Waals surface area contributed by atoms with E-state index >= 15 is 0 Å². The van der Waals surface area contributed by atoms with Crippen LogP contribution in [0.2, 0.25) is 0 Å². The summed E-state index contributed by atoms with van der Waals surface area (Å²) in [5.41, 5.74) is 6.34. The van der Waals surface area contributed by atoms with E-state index in [1.165, 1.54) is 12.1 Å². The third kappa shape index (κ3) is 4.00. The standard InChI is InChI=1S/C26H24FN5S/c1-17-15-22(18(2)32(17)21-8-6-20(27)7-9-21)25-24(23-5-3-4-12-29-23)30-26(33)31(25)16-19-10-13-28-14-11-19/h3-15,24-25H,16H2,1-2H3,(H,30,33)/t24-,25-/m1/s1. The third-order valence-corrected chi connectivity index (χ3v) is 6.53. The van der Waals surface area contributed by atoms with Crippen molar-refractivity contribution in [3.63, 3.8) is 0 Å². The molecule has 33 heavy (non-hydrogen) atoms. The Bertz CT molecular complexity index is 1270. The van der Waals surface area contributed by atoms with Crippen molar-refractivity contribution < 1.29 is 4.39 Å². The molecule has 4 aromatic rings. The van der Waals surface area contributed by atoms with Crippen molar-refractivity contribution in [2.24, 2.45) is 0 Å². The van der Waals surface area contributed by atoms with E-state index in [1.807, 2.05) is 48.7 Å². The summed E-state index contributed by atoms with van der Waals surface area (Å²) in [5.74, 6) is -0.245. The maximum Gasteiger partial charge on any atom is 0.170 e. The van der Waals surface area contributed by atoms with E-state index in [4.69, 9.17) is 12.2 Å². The summed E-state index contributed by atoms with van der Waals surface area (Å²) in [5, 5.41) is 4.21. The maximum absolute atomic E-state index is 13.5. The monoisotopic (exact) mass is 457 g/mol. The van der Waals surface area contributed by atoms with Crippen LogP contribution in [0.25, 0.3) is 5.69 Å². The molecular weight excluding hydrogens is 433 g/mol. The van der Waals surface area contributed by atoms with Crippen LogP contribution >= 0.6 is 12.2 Å². The van der Waals surface area contributed by atoms with E-state index in [9.17, 15) is 4.39 Å². The molecule has 2 atom stereocenters. The molecule has 0 amide bonds. The topological polar surface area (TPSA) is 46.0 Å². The number of nitrogens with zero attached hydrogens (tertiary/aromatic N) is 4. The minimum Gasteiger partial charge on any atom is -0.352 e. The Balaban J connectivity index is 1.61. The van der Waals surface area contributed by atoms with Gasteiger partial charge in [0, 0.05) is 42.2 Å². The van der Waals surface area contributed by atoms with Crippen molar-refractivity contribution in [3.8, 4) is 5.69 Å². The van der Waals surface area contributed by atoms with Crippen molar-refractivity contribution in [2.45, 2.75) is 32.5 Å². The van der Waals surface area contributed by atoms with Gasteiger partial charge in [-0.1, -0.05) is 6.07 Å². The minimum absolute atomic E-state index is 0.0547. The van der Waals surface area contributed by atoms with Gasteiger partial charge in [0.15, 0.2) is 5.11 Å². The Morgan fingerprint density at radius 1 is 1.00 bits per heavy atom. The fourth-order valence-corrected chi connectivity index (χ4v) is 4.98. The number of aromatic nitrogens is 3. The normalized spacial score (nSPS) is 17.9. The fourth-order valence-electron chi connectivity index (χ4n) is 4.67. The Kier molecular flexibility index (Phi) is 5.64. The Hall–Kier alpha value is -3.58. The van der Waals surface area contributed by atoms with Crippen LogP contribution in [0.3, 0.4) is 0 Å². The predicted octanol–water partition coefficient (Wildman–Crippen LogP) is 5.20. The first-order valence-corrected chi connectivity index (χ1v) is 11.3. The lowest BCUT2D eigenvalue weighted by Crippen LogP contribution is -2.29. The Morgan fingerprint density at radius 3 is 2.45 bits per heavy atom. The van der Waals surface area contributed by atoms with Crippen LogP contribution in [0.4, 0.5) is 4.39 Å². The van der Waals surface area contributed by atoms with Gasteiger partial charge in [0.1, 0.15) is 5.82 Å². The molecule has 0 spiro atoms. The second-order valence-electron chi connectivity index (χ2n) is 8.25. The van der Waals surface area contributed by atoms with Gasteiger partial charge >= 0.3 is 0 Å². The summed E-state index contributed by atoms with van der Waals surface area (Å²) in [6.07, 6.45) is 5.41. The molecule has 1 fully saturated rings. The molecule has 5 nitrogen and oxygen atoms in total. The maximum atomic E-state index is 13.5. The lowest BCUT2D eigenvalue weighted by molar-refractivity contribution is 0.310. The zero-order valence-electron chi connectivity index (χ0n) is 18.4. The first kappa shape index (κ1) is 21.3. The minimum atomic E-state index is -0.245. The van der Waals surface area contributed by atoms with Gasteiger partial charge in [-0.15, -0.1) is 0 Å². The number of nitrogens with one attached hydrogen (secondary N) is 1. The molecule has 1 saturated heterocycles. The van der Waals surface area contributed by atoms with Gasteiger partial charge < -0.3 is 14.8 Å². The second kappa shape index (κ2) is 8.75. The second-order valence-corrected chi connectivity index (χ2v) is 8.63. The van der Waals surface area contributed by atoms with Crippen LogP contribution < -0.4 is 5.32 Å². The van der Waals surface area contributed by atoms with Crippen LogP contribution in [0.5, 0.6) is 0 Å². The highest BCUT2D eigenvalue weighted by atomic mass is 32.1. The molecule has 1 aromatic carbocycles. The van der Waals surface area contributed by atoms with Gasteiger partial charge in [-0.3, -0.25) is 9.97 Å². The number of pyridine rings is 2. The van der Waals surface area contributed by atoms with E-state index in [2.05, 4.69) is 44.7 Å². The van der Waals surface area contributed by atoms with E-state index in [-0.39, 0.29) is 17.9 Å². The molecule has 7 heteroatoms. The van der Waals surface area contributed by atoms with Gasteiger partial charge in [-0.05, 0) is 91.8 Å². The van der Waals surface area contributed by atoms with Crippen molar-refractivity contribution in [2.75, 3.05) is 0 Å². The number of benzene rings is 1. The van der Waals surface area contributed by atoms with Crippen molar-refractivity contribution in [1.29, 1.82) is 0 Å². The summed E-state index contributed by atoms with van der Waals surface area (Å²) in [6, 6.07) is 18.6. The number of aryl methyl sites for hydroxylation is 1. The lowest BCUT2D eigenvalue weighted by Gasteiger charge is -2.28. The van der Waals surface area contributed by atoms with Gasteiger partial charge in [-0.2, -0.15) is 0 Å². The van der Waals surface area contributed by atoms with Crippen molar-refractivity contribution in [1.82, 2.24) is 24.8 Å². The number of hydrogen-bond acceptors (Lipinski definition) is 3. The summed E-state index contributed by atoms with van der Waals surface area (Å²) in [7, 11) is 0. The molecule has 0 bridgehead atoms. The van der Waals surface area contributed by atoms with Crippen molar-refractivity contribution in [3.05, 3.63) is 113 Å². The summed E-state index contributed by atoms with van der Waals surface area (Å²) < 4.78 is 15.7. The van der Waals surface area contributed by atoms with E-state index in [0.29, 0.717) is 11.7 Å². The Morgan fingerprint density at radius 2 is 1.76 bits per heavy atom. The highest BCUT2D eigenvalue weighted by Gasteiger charge is 2.41. The molecule has 3 aromatic heterocycles. The molecule has 1 N–H and O–H groups in total. The molecule has 4 heterocycles. The predicted molar refractivity (Wildman–Crippen MR) is 130 cm³/mol. The third-order valence-electron chi connectivity index (χ3n) is 6.17. The molecule has 0 radical (unpaired) electrons. The zero-order valence-corrected chi connectivity index (χ0v) is 19.3. The van der Waals surface area contributed by atoms with E-state index in [1.54, 1.807) is 12.4 Å². The summed E-state index contributed by atoms with van der Waals surface area (Å²) in [4.78, 5) is 11.0. The largest absolute Gasteiger partial charge is 0.352 e. The highest BCUT2D eigenvalue weighted by molar-refractivity contribution is 7.80. The van der Waals surface area contributed by atoms with Crippen LogP contribution in [0, 0.1) is 19.7 Å². The van der Waals surface area contributed by atoms with Crippen LogP contribution in [-0.4, -0.2) is 24.5 Å². The van der Waals surface area contributed by atoms with E-state index in [0.717, 1.165) is 33.9 Å². The number of thiocarbonyl (C=S) groups is 1. The number of rotatable bonds is 5. The van der Waals surface area contributed by atoms with Gasteiger partial charge in [0.05, 0.1) is 17.8 Å². The van der Waals surface area contributed by atoms with Gasteiger partial charge in [-0.25, -0.2) is 4.39 Å². The summed E-state index contributed by atoms with van der Waals surface area (Å²) in [6.45, 7) is 4.83. The lowest BCUT2D eigenvalue weighted by atomic mass is 9.96. The van der Waals surface area contributed by atoms with Crippen molar-refractivity contribution >= 4 is 17.3 Å². The van der Waals surface area contributed by atoms with Crippen LogP contribution in [0.1, 0.15) is 40.3 Å². The van der Waals surface area contributed by atoms with Gasteiger partial charge in [0.2, 0.25) is 0 Å².